The number of hydrogen-bond donors (Lipinski definition) is 2. The van der Waals surface area contributed by atoms with Crippen LogP contribution in [0.15, 0.2) is 97.1 Å². The van der Waals surface area contributed by atoms with Crippen molar-refractivity contribution in [1.82, 2.24) is 0 Å². The Morgan fingerprint density at radius 2 is 0.706 bits per heavy atom. The molecule has 2 aliphatic heterocycles. The molecule has 2 saturated heterocycles. The van der Waals surface area contributed by atoms with Crippen LogP contribution in [0.3, 0.4) is 0 Å². The number of anilines is 2. The first-order valence-corrected chi connectivity index (χ1v) is 18.6. The summed E-state index contributed by atoms with van der Waals surface area (Å²) in [4.78, 5) is 76.7. The van der Waals surface area contributed by atoms with E-state index in [9.17, 15) is 39.0 Å². The highest BCUT2D eigenvalue weighted by Crippen LogP contribution is 2.43. The Bertz CT molecular complexity index is 2080. The van der Waals surface area contributed by atoms with Crippen LogP contribution in [-0.2, 0) is 28.8 Å². The molecular formula is C56H94N2O10. The van der Waals surface area contributed by atoms with E-state index in [0.717, 1.165) is 11.1 Å². The number of imide groups is 2. The van der Waals surface area contributed by atoms with Crippen LogP contribution in [0.4, 0.5) is 11.4 Å². The molecule has 0 aromatic heterocycles. The van der Waals surface area contributed by atoms with Gasteiger partial charge in [0.2, 0.25) is 23.6 Å². The summed E-state index contributed by atoms with van der Waals surface area (Å²) in [5, 5.41) is 18.9. The third-order valence-electron chi connectivity index (χ3n) is 10.4. The van der Waals surface area contributed by atoms with Gasteiger partial charge in [-0.1, -0.05) is 141 Å². The second-order valence-electron chi connectivity index (χ2n) is 14.0. The molecule has 6 unspecified atom stereocenters. The lowest BCUT2D eigenvalue weighted by molar-refractivity contribution is -0.132. The summed E-state index contributed by atoms with van der Waals surface area (Å²) in [6.07, 6.45) is 1.38. The number of esters is 2. The van der Waals surface area contributed by atoms with Gasteiger partial charge < -0.3 is 19.7 Å². The van der Waals surface area contributed by atoms with Gasteiger partial charge >= 0.3 is 11.9 Å². The summed E-state index contributed by atoms with van der Waals surface area (Å²) >= 11 is 0. The number of phenols is 2. The van der Waals surface area contributed by atoms with Gasteiger partial charge in [0.05, 0.1) is 23.2 Å². The van der Waals surface area contributed by atoms with Crippen LogP contribution in [0.2, 0.25) is 0 Å². The second kappa shape index (κ2) is 34.1. The van der Waals surface area contributed by atoms with Crippen molar-refractivity contribution in [3.05, 3.63) is 108 Å². The maximum Gasteiger partial charge on any atom is 0.308 e. The molecule has 0 aliphatic carbocycles. The summed E-state index contributed by atoms with van der Waals surface area (Å²) in [6.45, 7) is 10.2. The van der Waals surface area contributed by atoms with E-state index in [4.69, 9.17) is 9.47 Å². The van der Waals surface area contributed by atoms with Gasteiger partial charge in [0.25, 0.3) is 0 Å². The number of rotatable bonds is 10. The van der Waals surface area contributed by atoms with Crippen LogP contribution >= 0.6 is 0 Å². The molecule has 6 atom stereocenters. The third-order valence-corrected chi connectivity index (χ3v) is 10.4. The largest absolute Gasteiger partial charge is 0.508 e. The first-order chi connectivity index (χ1) is 26.7. The minimum atomic E-state index is -0.509. The minimum Gasteiger partial charge on any atom is -0.508 e. The fraction of sp³-hybridized carbons (Fsp3) is 0.464. The number of benzene rings is 4. The van der Waals surface area contributed by atoms with Gasteiger partial charge in [-0.25, -0.2) is 0 Å². The van der Waals surface area contributed by atoms with Crippen molar-refractivity contribution in [2.45, 2.75) is 155 Å². The molecular weight excluding hydrogens is 861 g/mol. The maximum absolute atomic E-state index is 13.3. The first kappa shape index (κ1) is 78.8. The van der Waals surface area contributed by atoms with E-state index >= 15 is 0 Å². The van der Waals surface area contributed by atoms with Crippen molar-refractivity contribution in [1.29, 1.82) is 0 Å². The number of phenolic OH excluding ortho intramolecular Hbond substituents is 2. The molecule has 12 heteroatoms. The van der Waals surface area contributed by atoms with Gasteiger partial charge in [-0.15, -0.1) is 0 Å². The summed E-state index contributed by atoms with van der Waals surface area (Å²) < 4.78 is 10.1. The summed E-state index contributed by atoms with van der Waals surface area (Å²) in [5.41, 5.74) is 2.76. The van der Waals surface area contributed by atoms with Crippen molar-refractivity contribution in [2.75, 3.05) is 9.80 Å². The van der Waals surface area contributed by atoms with E-state index in [-0.39, 0.29) is 136 Å². The molecule has 2 aliphatic rings. The summed E-state index contributed by atoms with van der Waals surface area (Å²) in [5.74, 6) is -2.91. The quantitative estimate of drug-likeness (QED) is 0.0887. The Labute approximate surface area is 414 Å². The van der Waals surface area contributed by atoms with Crippen LogP contribution in [0.1, 0.15) is 166 Å². The predicted molar refractivity (Wildman–Crippen MR) is 289 cm³/mol. The number of hydrogen-bond acceptors (Lipinski definition) is 10. The molecule has 0 radical (unpaired) electrons. The van der Waals surface area contributed by atoms with Crippen molar-refractivity contribution in [3.63, 3.8) is 0 Å². The van der Waals surface area contributed by atoms with Crippen LogP contribution in [0.5, 0.6) is 23.0 Å². The summed E-state index contributed by atoms with van der Waals surface area (Å²) in [6, 6.07) is 26.2. The van der Waals surface area contributed by atoms with Crippen LogP contribution in [0, 0.1) is 23.7 Å². The maximum atomic E-state index is 13.3. The van der Waals surface area contributed by atoms with E-state index in [2.05, 4.69) is 0 Å². The lowest BCUT2D eigenvalue weighted by atomic mass is 9.78. The Morgan fingerprint density at radius 3 is 0.985 bits per heavy atom. The lowest BCUT2D eigenvalue weighted by Crippen LogP contribution is -2.31. The van der Waals surface area contributed by atoms with Gasteiger partial charge in [-0.3, -0.25) is 38.6 Å². The Kier molecular flexibility index (Phi) is 39.5. The van der Waals surface area contributed by atoms with Crippen LogP contribution < -0.4 is 19.3 Å². The minimum absolute atomic E-state index is 0. The molecule has 2 fully saturated rings. The van der Waals surface area contributed by atoms with Crippen molar-refractivity contribution in [2.24, 2.45) is 23.7 Å². The van der Waals surface area contributed by atoms with E-state index < -0.39 is 35.6 Å². The van der Waals surface area contributed by atoms with Gasteiger partial charge in [-0.05, 0) is 109 Å². The van der Waals surface area contributed by atoms with Gasteiger partial charge in [0.1, 0.15) is 23.0 Å². The highest BCUT2D eigenvalue weighted by molar-refractivity contribution is 6.23. The fourth-order valence-corrected chi connectivity index (χ4v) is 7.70. The van der Waals surface area contributed by atoms with Crippen molar-refractivity contribution < 1.29 is 48.5 Å². The first-order valence-electron chi connectivity index (χ1n) is 18.6. The zero-order valence-electron chi connectivity index (χ0n) is 32.2. The molecule has 0 saturated carbocycles. The van der Waals surface area contributed by atoms with Gasteiger partial charge in [0, 0.05) is 25.7 Å². The van der Waals surface area contributed by atoms with E-state index in [0.29, 0.717) is 35.7 Å². The molecule has 68 heavy (non-hydrogen) atoms. The average Bonchev–Trinajstić information content (AvgIpc) is 3.52. The topological polar surface area (TPSA) is 168 Å². The molecule has 0 spiro atoms. The predicted octanol–water partition coefficient (Wildman–Crippen LogP) is 14.9. The van der Waals surface area contributed by atoms with Crippen LogP contribution in [-0.4, -0.2) is 45.8 Å². The number of carbonyl (C=O) groups excluding carboxylic acids is 6. The Hall–Kier alpha value is -6.30. The normalized spacial score (nSPS) is 16.7. The monoisotopic (exact) mass is 955 g/mol. The molecule has 4 aromatic rings. The SMILES string of the molecule is C.C.C.C.C.C.C.C.C.C.C.C.CCC(c1ccc(O)cc1)C1C(=O)N(c2ccc(O)cc2)C(=O)C1C.CCC(c1ccc(OC(C)=O)cc1)C1C(=O)N(c2ccc(OC(C)=O)cc2)C(=O)C1C. The number of aromatic hydroxyl groups is 2. The molecule has 4 amide bonds. The fourth-order valence-electron chi connectivity index (χ4n) is 7.70. The van der Waals surface area contributed by atoms with Gasteiger partial charge in [0.15, 0.2) is 0 Å². The average molecular weight is 955 g/mol. The van der Waals surface area contributed by atoms with Crippen molar-refractivity contribution in [3.8, 4) is 23.0 Å². The zero-order valence-corrected chi connectivity index (χ0v) is 32.2. The third kappa shape index (κ3) is 17.1. The molecule has 2 N–H and O–H groups in total. The standard InChI is InChI=1S/C24H25NO6.C20H21NO4.12CH4/c1-5-21(17-6-10-19(11-7-17)30-15(3)26)22-14(2)23(28)25(24(22)29)18-8-12-20(13-9-18)31-16(4)27;1-3-17(13-4-8-15(22)9-5-13)18-12(2)19(24)21(20(18)25)14-6-10-16(23)11-7-14;;;;;;;;;;;;/h6-14,21-22H,5H2,1-4H3;4-12,17-18,22-23H,3H2,1-2H3;12*1H4. The van der Waals surface area contributed by atoms with E-state index in [1.807, 2.05) is 26.0 Å². The molecule has 12 nitrogen and oxygen atoms in total. The van der Waals surface area contributed by atoms with Gasteiger partial charge in [-0.2, -0.15) is 0 Å². The van der Waals surface area contributed by atoms with Crippen LogP contribution in [0.25, 0.3) is 0 Å². The number of ether oxygens (including phenoxy) is 2. The lowest BCUT2D eigenvalue weighted by Gasteiger charge is -2.23. The number of carbonyl (C=O) groups is 6. The highest BCUT2D eigenvalue weighted by Gasteiger charge is 2.50. The summed E-state index contributed by atoms with van der Waals surface area (Å²) in [7, 11) is 0. The second-order valence-corrected chi connectivity index (χ2v) is 14.0. The zero-order chi connectivity index (χ0) is 40.8. The molecule has 6 rings (SSSR count). The number of nitrogens with zero attached hydrogens (tertiary/aromatic N) is 2. The van der Waals surface area contributed by atoms with E-state index in [1.54, 1.807) is 86.6 Å². The molecule has 388 valence electrons. The Morgan fingerprint density at radius 1 is 0.456 bits per heavy atom. The van der Waals surface area contributed by atoms with E-state index in [1.165, 1.54) is 35.8 Å². The molecule has 4 aromatic carbocycles. The molecule has 0 bridgehead atoms. The van der Waals surface area contributed by atoms with Crippen molar-refractivity contribution >= 4 is 46.9 Å². The number of amides is 4. The highest BCUT2D eigenvalue weighted by atomic mass is 16.5. The Balaban J connectivity index is -0.000000152. The smallest absolute Gasteiger partial charge is 0.308 e. The molecule has 2 heterocycles.